The van der Waals surface area contributed by atoms with E-state index in [1.165, 1.54) is 0 Å². The van der Waals surface area contributed by atoms with Crippen LogP contribution in [0, 0.1) is 35.8 Å². The first-order chi connectivity index (χ1) is 20.8. The Bertz CT molecular complexity index is 1980. The van der Waals surface area contributed by atoms with Crippen LogP contribution in [0.1, 0.15) is 22.3 Å². The summed E-state index contributed by atoms with van der Waals surface area (Å²) in [6.45, 7) is 0. The summed E-state index contributed by atoms with van der Waals surface area (Å²) in [4.78, 5) is 8.92. The molecule has 0 spiro atoms. The number of aromatic nitrogens is 2. The summed E-state index contributed by atoms with van der Waals surface area (Å²) in [5.41, 5.74) is 7.41. The molecule has 7 aromatic rings. The van der Waals surface area contributed by atoms with Crippen LogP contribution in [0.2, 0.25) is 0 Å². The van der Waals surface area contributed by atoms with Gasteiger partial charge in [-0.2, -0.15) is 0 Å². The molecule has 7 rings (SSSR count). The van der Waals surface area contributed by atoms with E-state index in [4.69, 9.17) is 0 Å². The van der Waals surface area contributed by atoms with Gasteiger partial charge in [-0.1, -0.05) is 108 Å². The predicted molar refractivity (Wildman–Crippen MR) is 170 cm³/mol. The van der Waals surface area contributed by atoms with Gasteiger partial charge in [-0.25, -0.2) is 0 Å². The highest BCUT2D eigenvalue weighted by molar-refractivity contribution is 6.09. The van der Waals surface area contributed by atoms with E-state index in [0.717, 1.165) is 66.3 Å². The summed E-state index contributed by atoms with van der Waals surface area (Å²) >= 11 is 0. The Hall–Kier alpha value is -5.96. The van der Waals surface area contributed by atoms with Crippen molar-refractivity contribution in [2.45, 2.75) is 0 Å². The minimum atomic E-state index is 0.878. The quantitative estimate of drug-likeness (QED) is 0.127. The average molecular weight is 531 g/mol. The van der Waals surface area contributed by atoms with Crippen molar-refractivity contribution >= 4 is 21.5 Å². The molecule has 42 heavy (non-hydrogen) atoms. The highest BCUT2D eigenvalue weighted by atomic mass is 14.7. The Morgan fingerprint density at radius 2 is 0.833 bits per heavy atom. The van der Waals surface area contributed by atoms with Crippen LogP contribution in [-0.4, -0.2) is 9.97 Å². The summed E-state index contributed by atoms with van der Waals surface area (Å²) in [5, 5.41) is 4.32. The molecule has 0 aliphatic heterocycles. The fraction of sp³-hybridized carbons (Fsp3) is 0. The fourth-order valence-corrected chi connectivity index (χ4v) is 5.10. The second kappa shape index (κ2) is 11.3. The molecule has 194 valence electrons. The van der Waals surface area contributed by atoms with Crippen molar-refractivity contribution in [1.82, 2.24) is 9.97 Å². The highest BCUT2D eigenvalue weighted by Crippen LogP contribution is 2.32. The molecule has 0 amide bonds. The topological polar surface area (TPSA) is 25.8 Å². The number of hydrogen-bond donors (Lipinski definition) is 0. The Kier molecular flexibility index (Phi) is 6.71. The fourth-order valence-electron chi connectivity index (χ4n) is 5.10. The van der Waals surface area contributed by atoms with Crippen molar-refractivity contribution in [3.05, 3.63) is 168 Å². The van der Waals surface area contributed by atoms with E-state index in [0.29, 0.717) is 0 Å². The standard InChI is InChI=1S/C40H22N2/c1-2-16-34-33(15-1)37(23-21-29-11-9-13-31(27-29)39-19-5-7-25-41-39)35-17-3-4-18-36(35)38(34)24-22-30-12-10-14-32(28-30)40-20-6-8-26-42-40/h1-12,15-20,25-28H/q-2. The minimum Gasteiger partial charge on any atom is -0.305 e. The van der Waals surface area contributed by atoms with Crippen LogP contribution in [0.15, 0.2) is 134 Å². The molecule has 2 heterocycles. The molecule has 2 nitrogen and oxygen atoms in total. The molecule has 0 atom stereocenters. The van der Waals surface area contributed by atoms with Gasteiger partial charge in [-0.15, -0.1) is 59.7 Å². The minimum absolute atomic E-state index is 0.878. The van der Waals surface area contributed by atoms with E-state index in [-0.39, 0.29) is 0 Å². The summed E-state index contributed by atoms with van der Waals surface area (Å²) in [6.07, 6.45) is 3.58. The third-order valence-electron chi connectivity index (χ3n) is 7.08. The van der Waals surface area contributed by atoms with Gasteiger partial charge in [0.2, 0.25) is 0 Å². The molecule has 0 radical (unpaired) electrons. The third kappa shape index (κ3) is 5.02. The first kappa shape index (κ1) is 25.0. The van der Waals surface area contributed by atoms with E-state index in [1.807, 2.05) is 72.8 Å². The number of rotatable bonds is 2. The van der Waals surface area contributed by atoms with Crippen molar-refractivity contribution in [1.29, 1.82) is 0 Å². The van der Waals surface area contributed by atoms with Crippen molar-refractivity contribution in [3.63, 3.8) is 0 Å². The summed E-state index contributed by atoms with van der Waals surface area (Å²) < 4.78 is 0. The SMILES string of the molecule is C(#Cc1c2ccccc2c(C#Cc2cc[c-]c(-c3ccccn3)c2)c2ccccc12)c1cc[c-]c(-c2ccccn2)c1. The molecule has 0 bridgehead atoms. The van der Waals surface area contributed by atoms with Gasteiger partial charge in [-0.3, -0.25) is 0 Å². The lowest BCUT2D eigenvalue weighted by atomic mass is 9.91. The lowest BCUT2D eigenvalue weighted by Gasteiger charge is -2.11. The maximum Gasteiger partial charge on any atom is 0.0406 e. The molecule has 0 saturated heterocycles. The van der Waals surface area contributed by atoms with Gasteiger partial charge >= 0.3 is 0 Å². The zero-order valence-corrected chi connectivity index (χ0v) is 22.6. The van der Waals surface area contributed by atoms with Crippen LogP contribution in [-0.2, 0) is 0 Å². The number of hydrogen-bond acceptors (Lipinski definition) is 2. The maximum atomic E-state index is 4.46. The molecule has 5 aromatic carbocycles. The van der Waals surface area contributed by atoms with Gasteiger partial charge in [0, 0.05) is 23.5 Å². The molecule has 0 N–H and O–H groups in total. The van der Waals surface area contributed by atoms with Gasteiger partial charge < -0.3 is 9.97 Å². The maximum absolute atomic E-state index is 4.46. The second-order valence-corrected chi connectivity index (χ2v) is 9.75. The lowest BCUT2D eigenvalue weighted by molar-refractivity contribution is 1.32. The van der Waals surface area contributed by atoms with Crippen molar-refractivity contribution < 1.29 is 0 Å². The second-order valence-electron chi connectivity index (χ2n) is 9.75. The molecule has 2 aromatic heterocycles. The first-order valence-corrected chi connectivity index (χ1v) is 13.7. The highest BCUT2D eigenvalue weighted by Gasteiger charge is 2.11. The Balaban J connectivity index is 1.35. The van der Waals surface area contributed by atoms with Crippen LogP contribution in [0.3, 0.4) is 0 Å². The van der Waals surface area contributed by atoms with Crippen LogP contribution >= 0.6 is 0 Å². The van der Waals surface area contributed by atoms with Crippen molar-refractivity contribution in [2.75, 3.05) is 0 Å². The monoisotopic (exact) mass is 530 g/mol. The van der Waals surface area contributed by atoms with Gasteiger partial charge in [0.25, 0.3) is 0 Å². The van der Waals surface area contributed by atoms with Crippen molar-refractivity contribution in [2.24, 2.45) is 0 Å². The van der Waals surface area contributed by atoms with E-state index in [9.17, 15) is 0 Å². The van der Waals surface area contributed by atoms with Crippen molar-refractivity contribution in [3.8, 4) is 46.2 Å². The summed E-state index contributed by atoms with van der Waals surface area (Å²) in [5.74, 6) is 13.8. The smallest absolute Gasteiger partial charge is 0.0406 e. The molecular formula is C40H22N2-2. The Labute approximate surface area is 245 Å². The molecular weight excluding hydrogens is 508 g/mol. The zero-order valence-electron chi connectivity index (χ0n) is 22.6. The van der Waals surface area contributed by atoms with Gasteiger partial charge in [0.05, 0.1) is 0 Å². The molecule has 0 unspecified atom stereocenters. The van der Waals surface area contributed by atoms with E-state index >= 15 is 0 Å². The molecule has 0 aliphatic rings. The Morgan fingerprint density at radius 1 is 0.429 bits per heavy atom. The zero-order chi connectivity index (χ0) is 28.1. The Morgan fingerprint density at radius 3 is 1.21 bits per heavy atom. The molecule has 2 heteroatoms. The van der Waals surface area contributed by atoms with Crippen LogP contribution in [0.25, 0.3) is 44.1 Å². The molecule has 0 aliphatic carbocycles. The summed E-state index contributed by atoms with van der Waals surface area (Å²) in [7, 11) is 0. The van der Waals surface area contributed by atoms with E-state index in [2.05, 4.69) is 94.3 Å². The van der Waals surface area contributed by atoms with Gasteiger partial charge in [0.15, 0.2) is 0 Å². The number of pyridine rings is 2. The molecule has 0 saturated carbocycles. The number of nitrogens with zero attached hydrogens (tertiary/aromatic N) is 2. The van der Waals surface area contributed by atoms with Gasteiger partial charge in [-0.05, 0) is 45.1 Å². The lowest BCUT2D eigenvalue weighted by Crippen LogP contribution is -1.91. The first-order valence-electron chi connectivity index (χ1n) is 13.7. The van der Waals surface area contributed by atoms with Crippen LogP contribution < -0.4 is 0 Å². The summed E-state index contributed by atoms with van der Waals surface area (Å²) in [6, 6.07) is 46.9. The number of benzene rings is 5. The average Bonchev–Trinajstić information content (AvgIpc) is 3.07. The predicted octanol–water partition coefficient (Wildman–Crippen LogP) is 8.52. The van der Waals surface area contributed by atoms with Gasteiger partial charge in [0.1, 0.15) is 0 Å². The third-order valence-corrected chi connectivity index (χ3v) is 7.08. The number of fused-ring (bicyclic) bond motifs is 2. The van der Waals surface area contributed by atoms with E-state index < -0.39 is 0 Å². The van der Waals surface area contributed by atoms with E-state index in [1.54, 1.807) is 12.4 Å². The molecule has 0 fully saturated rings. The van der Waals surface area contributed by atoms with Crippen LogP contribution in [0.4, 0.5) is 0 Å². The van der Waals surface area contributed by atoms with Crippen LogP contribution in [0.5, 0.6) is 0 Å². The normalized spacial score (nSPS) is 10.5. The largest absolute Gasteiger partial charge is 0.305 e.